The molecule has 0 spiro atoms. The first-order valence-corrected chi connectivity index (χ1v) is 7.10. The van der Waals surface area contributed by atoms with E-state index in [0.29, 0.717) is 6.04 Å². The quantitative estimate of drug-likeness (QED) is 0.863. The Morgan fingerprint density at radius 3 is 3.00 bits per heavy atom. The molecule has 0 aromatic carbocycles. The summed E-state index contributed by atoms with van der Waals surface area (Å²) in [5.41, 5.74) is 2.08. The molecule has 2 N–H and O–H groups in total. The average Bonchev–Trinajstić information content (AvgIpc) is 3.11. The molecule has 0 bridgehead atoms. The van der Waals surface area contributed by atoms with Crippen LogP contribution in [0.4, 0.5) is 5.82 Å². The zero-order chi connectivity index (χ0) is 13.8. The van der Waals surface area contributed by atoms with Gasteiger partial charge in [-0.3, -0.25) is 9.67 Å². The minimum atomic E-state index is 0.378. The average molecular weight is 272 g/mol. The molecular weight excluding hydrogens is 252 g/mol. The number of anilines is 1. The zero-order valence-electron chi connectivity index (χ0n) is 11.7. The first-order valence-electron chi connectivity index (χ1n) is 7.10. The highest BCUT2D eigenvalue weighted by Gasteiger charge is 2.17. The maximum atomic E-state index is 4.48. The SMILES string of the molecule is Cc1ccn(CCNc2cnc(C3CCCN3)cn2)n1. The molecule has 0 radical (unpaired) electrons. The Morgan fingerprint density at radius 2 is 2.35 bits per heavy atom. The Balaban J connectivity index is 1.50. The molecule has 0 amide bonds. The molecule has 1 fully saturated rings. The van der Waals surface area contributed by atoms with Crippen LogP contribution in [0.5, 0.6) is 0 Å². The molecule has 106 valence electrons. The van der Waals surface area contributed by atoms with Gasteiger partial charge >= 0.3 is 0 Å². The van der Waals surface area contributed by atoms with Gasteiger partial charge in [0.1, 0.15) is 5.82 Å². The molecule has 0 aliphatic carbocycles. The monoisotopic (exact) mass is 272 g/mol. The normalized spacial score (nSPS) is 18.4. The number of nitrogens with zero attached hydrogens (tertiary/aromatic N) is 4. The lowest BCUT2D eigenvalue weighted by Crippen LogP contribution is -2.15. The smallest absolute Gasteiger partial charge is 0.144 e. The van der Waals surface area contributed by atoms with Crippen molar-refractivity contribution in [1.29, 1.82) is 0 Å². The van der Waals surface area contributed by atoms with Gasteiger partial charge in [0.15, 0.2) is 0 Å². The fourth-order valence-electron chi connectivity index (χ4n) is 2.43. The van der Waals surface area contributed by atoms with Crippen LogP contribution in [-0.4, -0.2) is 32.8 Å². The molecule has 1 atom stereocenters. The summed E-state index contributed by atoms with van der Waals surface area (Å²) < 4.78 is 1.92. The summed E-state index contributed by atoms with van der Waals surface area (Å²) >= 11 is 0. The second-order valence-electron chi connectivity index (χ2n) is 5.12. The predicted octanol–water partition coefficient (Wildman–Crippen LogP) is 1.52. The number of nitrogens with one attached hydrogen (secondary N) is 2. The van der Waals surface area contributed by atoms with E-state index in [1.165, 1.54) is 6.42 Å². The Kier molecular flexibility index (Phi) is 3.92. The maximum absolute atomic E-state index is 4.48. The van der Waals surface area contributed by atoms with Gasteiger partial charge in [-0.15, -0.1) is 0 Å². The van der Waals surface area contributed by atoms with Gasteiger partial charge in [-0.2, -0.15) is 5.10 Å². The van der Waals surface area contributed by atoms with Crippen molar-refractivity contribution in [2.24, 2.45) is 0 Å². The van der Waals surface area contributed by atoms with Crippen molar-refractivity contribution >= 4 is 5.82 Å². The largest absolute Gasteiger partial charge is 0.367 e. The topological polar surface area (TPSA) is 67.7 Å². The Morgan fingerprint density at radius 1 is 1.40 bits per heavy atom. The Labute approximate surface area is 118 Å². The molecule has 1 aliphatic heterocycles. The molecule has 20 heavy (non-hydrogen) atoms. The molecule has 2 aromatic heterocycles. The van der Waals surface area contributed by atoms with E-state index in [1.54, 1.807) is 0 Å². The molecule has 1 saturated heterocycles. The van der Waals surface area contributed by atoms with E-state index in [1.807, 2.05) is 36.3 Å². The van der Waals surface area contributed by atoms with E-state index in [0.717, 1.165) is 43.3 Å². The van der Waals surface area contributed by atoms with Crippen molar-refractivity contribution in [2.75, 3.05) is 18.4 Å². The minimum Gasteiger partial charge on any atom is -0.367 e. The van der Waals surface area contributed by atoms with Crippen LogP contribution >= 0.6 is 0 Å². The Bertz CT molecular complexity index is 541. The second-order valence-corrected chi connectivity index (χ2v) is 5.12. The van der Waals surface area contributed by atoms with Crippen molar-refractivity contribution in [3.05, 3.63) is 36.0 Å². The number of hydrogen-bond acceptors (Lipinski definition) is 5. The van der Waals surface area contributed by atoms with Gasteiger partial charge < -0.3 is 10.6 Å². The molecule has 6 nitrogen and oxygen atoms in total. The van der Waals surface area contributed by atoms with E-state index in [-0.39, 0.29) is 0 Å². The van der Waals surface area contributed by atoms with Gasteiger partial charge in [0.25, 0.3) is 0 Å². The molecule has 1 aliphatic rings. The molecule has 3 rings (SSSR count). The van der Waals surface area contributed by atoms with Crippen molar-refractivity contribution in [1.82, 2.24) is 25.1 Å². The zero-order valence-corrected chi connectivity index (χ0v) is 11.7. The third-order valence-corrected chi connectivity index (χ3v) is 3.51. The predicted molar refractivity (Wildman–Crippen MR) is 77.5 cm³/mol. The minimum absolute atomic E-state index is 0.378. The lowest BCUT2D eigenvalue weighted by Gasteiger charge is -2.10. The van der Waals surface area contributed by atoms with Crippen LogP contribution in [0.2, 0.25) is 0 Å². The van der Waals surface area contributed by atoms with Crippen LogP contribution in [0.15, 0.2) is 24.7 Å². The van der Waals surface area contributed by atoms with Crippen molar-refractivity contribution in [3.8, 4) is 0 Å². The third-order valence-electron chi connectivity index (χ3n) is 3.51. The first kappa shape index (κ1) is 13.1. The third kappa shape index (κ3) is 3.14. The highest BCUT2D eigenvalue weighted by atomic mass is 15.3. The lowest BCUT2D eigenvalue weighted by molar-refractivity contribution is 0.622. The van der Waals surface area contributed by atoms with Gasteiger partial charge in [0.05, 0.1) is 36.4 Å². The second kappa shape index (κ2) is 6.00. The van der Waals surface area contributed by atoms with E-state index >= 15 is 0 Å². The molecule has 1 unspecified atom stereocenters. The standard InChI is InChI=1S/C14H20N6/c1-11-4-7-20(19-11)8-6-16-14-10-17-13(9-18-14)12-3-2-5-15-12/h4,7,9-10,12,15H,2-3,5-6,8H2,1H3,(H,16,18). The van der Waals surface area contributed by atoms with Crippen LogP contribution in [0, 0.1) is 6.92 Å². The van der Waals surface area contributed by atoms with Crippen LogP contribution in [0.1, 0.15) is 30.3 Å². The Hall–Kier alpha value is -1.95. The highest BCUT2D eigenvalue weighted by Crippen LogP contribution is 2.20. The van der Waals surface area contributed by atoms with Crippen molar-refractivity contribution in [2.45, 2.75) is 32.4 Å². The van der Waals surface area contributed by atoms with Crippen LogP contribution < -0.4 is 10.6 Å². The summed E-state index contributed by atoms with van der Waals surface area (Å²) in [6.07, 6.45) is 8.03. The fraction of sp³-hybridized carbons (Fsp3) is 0.500. The van der Waals surface area contributed by atoms with Crippen LogP contribution in [0.3, 0.4) is 0 Å². The van der Waals surface area contributed by atoms with Gasteiger partial charge in [-0.1, -0.05) is 0 Å². The number of rotatable bonds is 5. The number of aromatic nitrogens is 4. The lowest BCUT2D eigenvalue weighted by atomic mass is 10.2. The van der Waals surface area contributed by atoms with E-state index in [2.05, 4.69) is 25.7 Å². The van der Waals surface area contributed by atoms with Gasteiger partial charge in [-0.25, -0.2) is 4.98 Å². The fourth-order valence-corrected chi connectivity index (χ4v) is 2.43. The van der Waals surface area contributed by atoms with Crippen molar-refractivity contribution < 1.29 is 0 Å². The van der Waals surface area contributed by atoms with E-state index < -0.39 is 0 Å². The van der Waals surface area contributed by atoms with Crippen molar-refractivity contribution in [3.63, 3.8) is 0 Å². The summed E-state index contributed by atoms with van der Waals surface area (Å²) in [4.78, 5) is 8.90. The maximum Gasteiger partial charge on any atom is 0.144 e. The van der Waals surface area contributed by atoms with Gasteiger partial charge in [0.2, 0.25) is 0 Å². The summed E-state index contributed by atoms with van der Waals surface area (Å²) in [6.45, 7) is 4.68. The summed E-state index contributed by atoms with van der Waals surface area (Å²) in [6, 6.07) is 2.38. The first-order chi connectivity index (χ1) is 9.81. The molecular formula is C14H20N6. The highest BCUT2D eigenvalue weighted by molar-refractivity contribution is 5.31. The molecule has 3 heterocycles. The van der Waals surface area contributed by atoms with Crippen LogP contribution in [0.25, 0.3) is 0 Å². The molecule has 0 saturated carbocycles. The molecule has 6 heteroatoms. The van der Waals surface area contributed by atoms with E-state index in [4.69, 9.17) is 0 Å². The van der Waals surface area contributed by atoms with Gasteiger partial charge in [0, 0.05) is 12.7 Å². The summed E-state index contributed by atoms with van der Waals surface area (Å²) in [7, 11) is 0. The number of aryl methyl sites for hydroxylation is 1. The van der Waals surface area contributed by atoms with Crippen LogP contribution in [-0.2, 0) is 6.54 Å². The summed E-state index contributed by atoms with van der Waals surface area (Å²) in [5.74, 6) is 0.815. The van der Waals surface area contributed by atoms with E-state index in [9.17, 15) is 0 Å². The molecule has 2 aromatic rings. The number of hydrogen-bond donors (Lipinski definition) is 2. The van der Waals surface area contributed by atoms with Gasteiger partial charge in [-0.05, 0) is 32.4 Å². The summed E-state index contributed by atoms with van der Waals surface area (Å²) in [5, 5.41) is 11.0.